The van der Waals surface area contributed by atoms with E-state index < -0.39 is 33.5 Å². The Balaban J connectivity index is 2.14. The Bertz CT molecular complexity index is 1280. The number of aromatic nitrogens is 5. The molecule has 11 nitrogen and oxygen atoms in total. The monoisotopic (exact) mass is 513 g/mol. The molecule has 3 aromatic rings. The molecule has 34 heavy (non-hydrogen) atoms. The second kappa shape index (κ2) is 11.1. The lowest BCUT2D eigenvalue weighted by molar-refractivity contribution is 0.0948. The maximum atomic E-state index is 13.5. The zero-order valence-electron chi connectivity index (χ0n) is 21.2. The molecule has 0 spiro atoms. The molecule has 0 amide bonds. The summed E-state index contributed by atoms with van der Waals surface area (Å²) >= 11 is 5.85. The first-order valence-electron chi connectivity index (χ1n) is 10.9. The lowest BCUT2D eigenvalue weighted by atomic mass is 10.2. The molecule has 0 N–H and O–H groups in total. The molecule has 0 aliphatic heterocycles. The van der Waals surface area contributed by atoms with Gasteiger partial charge in [-0.1, -0.05) is 17.7 Å². The van der Waals surface area contributed by atoms with Crippen LogP contribution in [0.1, 0.15) is 33.2 Å². The van der Waals surface area contributed by atoms with Crippen molar-refractivity contribution in [2.45, 2.75) is 30.6 Å². The fraction of sp³-hybridized carbons (Fsp3) is 0.429. The fourth-order valence-corrected chi connectivity index (χ4v) is 4.85. The highest BCUT2D eigenvalue weighted by atomic mass is 35.5. The Labute approximate surface area is 205 Å². The third-order valence-electron chi connectivity index (χ3n) is 5.02. The SMILES string of the molecule is [2H]C([2H])(OC)c1nnc(CS(=O)(=O)[C@@H](C)[C@H](OC)c2ncc(Cl)cn2)n1-c1c(OC)cccc1OC. The number of hydrogen-bond acceptors (Lipinski definition) is 10. The average molecular weight is 514 g/mol. The molecule has 0 aliphatic carbocycles. The highest BCUT2D eigenvalue weighted by molar-refractivity contribution is 7.91. The van der Waals surface area contributed by atoms with Crippen LogP contribution in [0.25, 0.3) is 5.69 Å². The molecule has 1 aromatic carbocycles. The molecule has 3 rings (SSSR count). The van der Waals surface area contributed by atoms with E-state index in [1.807, 2.05) is 0 Å². The highest BCUT2D eigenvalue weighted by Crippen LogP contribution is 2.35. The van der Waals surface area contributed by atoms with Crippen LogP contribution in [-0.4, -0.2) is 66.8 Å². The summed E-state index contributed by atoms with van der Waals surface area (Å²) in [5, 5.41) is 7.12. The van der Waals surface area contributed by atoms with Crippen molar-refractivity contribution in [3.05, 3.63) is 53.1 Å². The minimum Gasteiger partial charge on any atom is -0.494 e. The summed E-state index contributed by atoms with van der Waals surface area (Å²) in [6.45, 7) is -0.958. The maximum absolute atomic E-state index is 13.5. The molecule has 2 heterocycles. The minimum absolute atomic E-state index is 0.0903. The molecule has 0 fully saturated rings. The predicted octanol–water partition coefficient (Wildman–Crippen LogP) is 2.57. The third kappa shape index (κ3) is 5.30. The second-order valence-corrected chi connectivity index (χ2v) is 9.82. The molecule has 0 saturated carbocycles. The number of methoxy groups -OCH3 is 4. The first-order chi connectivity index (χ1) is 17.0. The summed E-state index contributed by atoms with van der Waals surface area (Å²) in [6, 6.07) is 4.90. The normalized spacial score (nSPS) is 14.8. The van der Waals surface area contributed by atoms with Crippen molar-refractivity contribution in [1.29, 1.82) is 0 Å². The molecule has 0 bridgehead atoms. The Hall–Kier alpha value is -2.80. The lowest BCUT2D eigenvalue weighted by Crippen LogP contribution is -2.30. The van der Waals surface area contributed by atoms with Gasteiger partial charge in [0.1, 0.15) is 35.6 Å². The van der Waals surface area contributed by atoms with Crippen LogP contribution in [0.15, 0.2) is 30.6 Å². The summed E-state index contributed by atoms with van der Waals surface area (Å²) in [7, 11) is 1.35. The predicted molar refractivity (Wildman–Crippen MR) is 124 cm³/mol. The van der Waals surface area contributed by atoms with Crippen molar-refractivity contribution >= 4 is 21.4 Å². The van der Waals surface area contributed by atoms with Crippen LogP contribution in [0, 0.1) is 0 Å². The third-order valence-corrected chi connectivity index (χ3v) is 7.26. The Morgan fingerprint density at radius 1 is 1.06 bits per heavy atom. The van der Waals surface area contributed by atoms with Crippen molar-refractivity contribution in [2.75, 3.05) is 28.4 Å². The summed E-state index contributed by atoms with van der Waals surface area (Å²) in [6.07, 6.45) is 1.69. The van der Waals surface area contributed by atoms with Crippen LogP contribution in [0.3, 0.4) is 0 Å². The zero-order valence-corrected chi connectivity index (χ0v) is 20.8. The van der Waals surface area contributed by atoms with Crippen molar-refractivity contribution < 1.29 is 30.1 Å². The van der Waals surface area contributed by atoms with Crippen LogP contribution in [0.5, 0.6) is 11.5 Å². The first kappa shape index (κ1) is 23.0. The van der Waals surface area contributed by atoms with Crippen molar-refractivity contribution in [2.24, 2.45) is 0 Å². The molecule has 2 atom stereocenters. The second-order valence-electron chi connectivity index (χ2n) is 7.02. The lowest BCUT2D eigenvalue weighted by Gasteiger charge is -2.22. The van der Waals surface area contributed by atoms with Gasteiger partial charge in [0, 0.05) is 26.6 Å². The van der Waals surface area contributed by atoms with Gasteiger partial charge in [0.25, 0.3) is 0 Å². The maximum Gasteiger partial charge on any atom is 0.163 e. The van der Waals surface area contributed by atoms with Crippen LogP contribution in [0.2, 0.25) is 5.02 Å². The Kier molecular flexibility index (Phi) is 7.49. The van der Waals surface area contributed by atoms with Crippen molar-refractivity contribution in [3.63, 3.8) is 0 Å². The molecule has 13 heteroatoms. The quantitative estimate of drug-likeness (QED) is 0.377. The topological polar surface area (TPSA) is 128 Å². The van der Waals surface area contributed by atoms with Gasteiger partial charge in [-0.25, -0.2) is 18.4 Å². The van der Waals surface area contributed by atoms with E-state index in [0.29, 0.717) is 5.02 Å². The van der Waals surface area contributed by atoms with E-state index in [-0.39, 0.29) is 34.7 Å². The molecular weight excluding hydrogens is 486 g/mol. The standard InChI is InChI=1S/C21H26ClN5O6S/c1-13(20(33-5)21-23-9-14(22)10-24-21)34(28,29)12-18-26-25-17(11-30-2)27(18)19-15(31-3)7-6-8-16(19)32-4/h6-10,13,20H,11-12H2,1-5H3/t13-,20-/m0/s1/i11D2. The number of rotatable bonds is 11. The number of nitrogens with zero attached hydrogens (tertiary/aromatic N) is 5. The summed E-state index contributed by atoms with van der Waals surface area (Å²) in [4.78, 5) is 8.17. The summed E-state index contributed by atoms with van der Waals surface area (Å²) in [5.41, 5.74) is 0.214. The number of sulfone groups is 1. The van der Waals surface area contributed by atoms with Gasteiger partial charge in [-0.05, 0) is 19.1 Å². The van der Waals surface area contributed by atoms with Gasteiger partial charge in [-0.15, -0.1) is 10.2 Å². The first-order valence-corrected chi connectivity index (χ1v) is 12.0. The fourth-order valence-electron chi connectivity index (χ4n) is 3.33. The van der Waals surface area contributed by atoms with Gasteiger partial charge in [0.15, 0.2) is 27.3 Å². The van der Waals surface area contributed by atoms with Gasteiger partial charge < -0.3 is 18.9 Å². The van der Waals surface area contributed by atoms with E-state index >= 15 is 0 Å². The number of ether oxygens (including phenoxy) is 4. The van der Waals surface area contributed by atoms with E-state index in [4.69, 9.17) is 33.3 Å². The van der Waals surface area contributed by atoms with Crippen LogP contribution < -0.4 is 9.47 Å². The van der Waals surface area contributed by atoms with Gasteiger partial charge in [-0.3, -0.25) is 4.57 Å². The zero-order chi connectivity index (χ0) is 26.7. The number of halogens is 1. The number of benzene rings is 1. The smallest absolute Gasteiger partial charge is 0.163 e. The molecule has 0 unspecified atom stereocenters. The molecule has 184 valence electrons. The molecule has 0 saturated heterocycles. The van der Waals surface area contributed by atoms with E-state index in [1.165, 1.54) is 45.2 Å². The van der Waals surface area contributed by atoms with Crippen molar-refractivity contribution in [3.8, 4) is 17.2 Å². The van der Waals surface area contributed by atoms with E-state index in [2.05, 4.69) is 20.2 Å². The van der Waals surface area contributed by atoms with Crippen LogP contribution >= 0.6 is 11.6 Å². The molecular formula is C21H26ClN5O6S. The van der Waals surface area contributed by atoms with Crippen LogP contribution in [0.4, 0.5) is 0 Å². The van der Waals surface area contributed by atoms with Gasteiger partial charge >= 0.3 is 0 Å². The van der Waals surface area contributed by atoms with Crippen molar-refractivity contribution in [1.82, 2.24) is 24.7 Å². The Morgan fingerprint density at radius 2 is 1.65 bits per heavy atom. The summed E-state index contributed by atoms with van der Waals surface area (Å²) in [5.74, 6) is -0.323. The summed E-state index contributed by atoms with van der Waals surface area (Å²) < 4.78 is 66.1. The average Bonchev–Trinajstić information content (AvgIpc) is 3.28. The number of hydrogen-bond donors (Lipinski definition) is 0. The Morgan fingerprint density at radius 3 is 2.18 bits per heavy atom. The highest BCUT2D eigenvalue weighted by Gasteiger charge is 2.35. The van der Waals surface area contributed by atoms with Crippen LogP contribution in [-0.2, 0) is 31.6 Å². The van der Waals surface area contributed by atoms with E-state index in [9.17, 15) is 8.42 Å². The molecule has 2 aromatic heterocycles. The van der Waals surface area contributed by atoms with E-state index in [0.717, 1.165) is 7.11 Å². The van der Waals surface area contributed by atoms with Gasteiger partial charge in [-0.2, -0.15) is 0 Å². The molecule has 0 radical (unpaired) electrons. The van der Waals surface area contributed by atoms with Gasteiger partial charge in [0.2, 0.25) is 0 Å². The number of para-hydroxylation sites is 1. The minimum atomic E-state index is -4.00. The molecule has 0 aliphatic rings. The van der Waals surface area contributed by atoms with E-state index in [1.54, 1.807) is 18.2 Å². The largest absolute Gasteiger partial charge is 0.494 e. The van der Waals surface area contributed by atoms with Gasteiger partial charge in [0.05, 0.1) is 27.2 Å².